The third-order valence-corrected chi connectivity index (χ3v) is 8.11. The quantitative estimate of drug-likeness (QED) is 0.608. The van der Waals surface area contributed by atoms with Gasteiger partial charge >= 0.3 is 0 Å². The molecule has 0 atom stereocenters. The van der Waals surface area contributed by atoms with Crippen molar-refractivity contribution in [2.45, 2.75) is 16.6 Å². The standard InChI is InChI=1S/C17H17BrN4O4S2/c18-12-2-1-3-13(10-12)28(25,26)21-6-4-20(5-7-21)15(23)14-11-19-17-22(16(14)24)8-9-27-17/h1-3,10-11H,4-9H2. The molecule has 3 heterocycles. The molecule has 1 amide bonds. The van der Waals surface area contributed by atoms with Crippen molar-refractivity contribution in [2.75, 3.05) is 31.9 Å². The highest BCUT2D eigenvalue weighted by Gasteiger charge is 2.32. The number of hydrogen-bond donors (Lipinski definition) is 0. The number of halogens is 1. The topological polar surface area (TPSA) is 92.6 Å². The number of carbonyl (C=O) groups excluding carboxylic acids is 1. The van der Waals surface area contributed by atoms with Crippen molar-refractivity contribution in [1.29, 1.82) is 0 Å². The van der Waals surface area contributed by atoms with Crippen LogP contribution in [0.15, 0.2) is 49.8 Å². The molecular formula is C17H17BrN4O4S2. The molecule has 0 N–H and O–H groups in total. The van der Waals surface area contributed by atoms with Gasteiger partial charge in [-0.3, -0.25) is 14.2 Å². The minimum absolute atomic E-state index is 0.0366. The number of rotatable bonds is 3. The Hall–Kier alpha value is -1.69. The zero-order valence-corrected chi connectivity index (χ0v) is 18.0. The molecule has 11 heteroatoms. The average Bonchev–Trinajstić information content (AvgIpc) is 3.18. The Balaban J connectivity index is 1.49. The number of fused-ring (bicyclic) bond motifs is 1. The van der Waals surface area contributed by atoms with Crippen molar-refractivity contribution in [2.24, 2.45) is 0 Å². The normalized spacial score (nSPS) is 17.5. The summed E-state index contributed by atoms with van der Waals surface area (Å²) >= 11 is 4.78. The monoisotopic (exact) mass is 484 g/mol. The van der Waals surface area contributed by atoms with E-state index in [0.717, 1.165) is 5.75 Å². The molecule has 1 saturated heterocycles. The first-order chi connectivity index (χ1) is 13.4. The van der Waals surface area contributed by atoms with Crippen molar-refractivity contribution in [3.63, 3.8) is 0 Å². The van der Waals surface area contributed by atoms with Crippen LogP contribution in [-0.4, -0.2) is 65.0 Å². The van der Waals surface area contributed by atoms with Gasteiger partial charge in [0.25, 0.3) is 11.5 Å². The number of carbonyl (C=O) groups is 1. The van der Waals surface area contributed by atoms with Crippen LogP contribution < -0.4 is 5.56 Å². The minimum Gasteiger partial charge on any atom is -0.336 e. The molecule has 2 aliphatic heterocycles. The van der Waals surface area contributed by atoms with Gasteiger partial charge in [-0.05, 0) is 18.2 Å². The molecule has 1 aromatic carbocycles. The Morgan fingerprint density at radius 2 is 1.89 bits per heavy atom. The Bertz CT molecular complexity index is 1090. The number of hydrogen-bond acceptors (Lipinski definition) is 6. The molecule has 2 aromatic rings. The summed E-state index contributed by atoms with van der Waals surface area (Å²) < 4.78 is 29.2. The lowest BCUT2D eigenvalue weighted by Crippen LogP contribution is -2.51. The van der Waals surface area contributed by atoms with E-state index < -0.39 is 15.9 Å². The van der Waals surface area contributed by atoms with Gasteiger partial charge in [0.1, 0.15) is 5.56 Å². The van der Waals surface area contributed by atoms with Gasteiger partial charge in [-0.2, -0.15) is 4.31 Å². The van der Waals surface area contributed by atoms with Crippen LogP contribution in [0.2, 0.25) is 0 Å². The molecule has 0 radical (unpaired) electrons. The smallest absolute Gasteiger partial charge is 0.267 e. The van der Waals surface area contributed by atoms with Gasteiger partial charge in [0.15, 0.2) is 5.16 Å². The van der Waals surface area contributed by atoms with Crippen LogP contribution in [0.5, 0.6) is 0 Å². The maximum atomic E-state index is 12.8. The number of sulfonamides is 1. The van der Waals surface area contributed by atoms with Gasteiger partial charge in [-0.1, -0.05) is 33.8 Å². The highest BCUT2D eigenvalue weighted by molar-refractivity contribution is 9.10. The predicted octanol–water partition coefficient (Wildman–Crippen LogP) is 1.26. The lowest BCUT2D eigenvalue weighted by molar-refractivity contribution is 0.0694. The lowest BCUT2D eigenvalue weighted by atomic mass is 10.2. The summed E-state index contributed by atoms with van der Waals surface area (Å²) in [4.78, 5) is 31.2. The van der Waals surface area contributed by atoms with Crippen LogP contribution in [0.4, 0.5) is 0 Å². The minimum atomic E-state index is -3.63. The van der Waals surface area contributed by atoms with Crippen molar-refractivity contribution < 1.29 is 13.2 Å². The largest absolute Gasteiger partial charge is 0.336 e. The van der Waals surface area contributed by atoms with Gasteiger partial charge in [0.05, 0.1) is 4.90 Å². The van der Waals surface area contributed by atoms with Gasteiger partial charge in [0.2, 0.25) is 10.0 Å². The van der Waals surface area contributed by atoms with E-state index in [2.05, 4.69) is 20.9 Å². The van der Waals surface area contributed by atoms with E-state index in [0.29, 0.717) is 16.2 Å². The summed E-state index contributed by atoms with van der Waals surface area (Å²) in [6, 6.07) is 6.54. The molecule has 0 unspecified atom stereocenters. The van der Waals surface area contributed by atoms with Gasteiger partial charge < -0.3 is 4.90 Å². The summed E-state index contributed by atoms with van der Waals surface area (Å²) in [5.41, 5.74) is -0.293. The number of nitrogens with zero attached hydrogens (tertiary/aromatic N) is 4. The summed E-state index contributed by atoms with van der Waals surface area (Å²) in [6.45, 7) is 1.35. The average molecular weight is 485 g/mol. The van der Waals surface area contributed by atoms with Crippen molar-refractivity contribution >= 4 is 43.6 Å². The van der Waals surface area contributed by atoms with Gasteiger partial charge in [-0.25, -0.2) is 13.4 Å². The fraction of sp³-hybridized carbons (Fsp3) is 0.353. The molecule has 148 valence electrons. The Labute approximate surface area is 174 Å². The zero-order chi connectivity index (χ0) is 19.9. The third kappa shape index (κ3) is 3.51. The lowest BCUT2D eigenvalue weighted by Gasteiger charge is -2.34. The molecule has 0 spiro atoms. The van der Waals surface area contributed by atoms with E-state index in [1.807, 2.05) is 0 Å². The summed E-state index contributed by atoms with van der Waals surface area (Å²) in [6.07, 6.45) is 1.33. The van der Waals surface area contributed by atoms with Crippen LogP contribution >= 0.6 is 27.7 Å². The summed E-state index contributed by atoms with van der Waals surface area (Å²) in [7, 11) is -3.63. The first-order valence-electron chi connectivity index (χ1n) is 8.65. The number of amides is 1. The van der Waals surface area contributed by atoms with Crippen molar-refractivity contribution in [3.8, 4) is 0 Å². The fourth-order valence-corrected chi connectivity index (χ4v) is 6.18. The maximum Gasteiger partial charge on any atom is 0.267 e. The van der Waals surface area contributed by atoms with E-state index in [9.17, 15) is 18.0 Å². The van der Waals surface area contributed by atoms with Gasteiger partial charge in [0, 0.05) is 49.1 Å². The molecule has 0 saturated carbocycles. The second-order valence-electron chi connectivity index (χ2n) is 6.41. The van der Waals surface area contributed by atoms with Crippen LogP contribution in [-0.2, 0) is 16.6 Å². The molecule has 4 rings (SSSR count). The second-order valence-corrected chi connectivity index (χ2v) is 10.3. The Morgan fingerprint density at radius 3 is 2.61 bits per heavy atom. The highest BCUT2D eigenvalue weighted by atomic mass is 79.9. The van der Waals surface area contributed by atoms with E-state index >= 15 is 0 Å². The van der Waals surface area contributed by atoms with Crippen molar-refractivity contribution in [3.05, 3.63) is 50.9 Å². The Kier molecular flexibility index (Phi) is 5.34. The van der Waals surface area contributed by atoms with Crippen LogP contribution in [0.25, 0.3) is 0 Å². The molecule has 1 aromatic heterocycles. The first kappa shape index (κ1) is 19.6. The number of benzene rings is 1. The fourth-order valence-electron chi connectivity index (χ4n) is 3.24. The molecule has 0 bridgehead atoms. The van der Waals surface area contributed by atoms with Crippen molar-refractivity contribution in [1.82, 2.24) is 18.8 Å². The summed E-state index contributed by atoms with van der Waals surface area (Å²) in [5, 5.41) is 0.631. The zero-order valence-electron chi connectivity index (χ0n) is 14.7. The number of aromatic nitrogens is 2. The molecule has 8 nitrogen and oxygen atoms in total. The van der Waals surface area contributed by atoms with Crippen LogP contribution in [0.1, 0.15) is 10.4 Å². The number of piperazine rings is 1. The highest BCUT2D eigenvalue weighted by Crippen LogP contribution is 2.23. The molecule has 1 fully saturated rings. The van der Waals surface area contributed by atoms with E-state index in [-0.39, 0.29) is 42.2 Å². The Morgan fingerprint density at radius 1 is 1.14 bits per heavy atom. The predicted molar refractivity (Wildman–Crippen MR) is 108 cm³/mol. The van der Waals surface area contributed by atoms with E-state index in [1.165, 1.54) is 31.7 Å². The SMILES string of the molecule is O=C(c1cnc2n(c1=O)CCS2)N1CCN(S(=O)(=O)c2cccc(Br)c2)CC1. The third-order valence-electron chi connectivity index (χ3n) is 4.75. The molecule has 28 heavy (non-hydrogen) atoms. The molecular weight excluding hydrogens is 468 g/mol. The van der Waals surface area contributed by atoms with Gasteiger partial charge in [-0.15, -0.1) is 0 Å². The second kappa shape index (κ2) is 7.62. The van der Waals surface area contributed by atoms with E-state index in [4.69, 9.17) is 0 Å². The molecule has 0 aliphatic carbocycles. The molecule has 2 aliphatic rings. The number of thioether (sulfide) groups is 1. The summed E-state index contributed by atoms with van der Waals surface area (Å²) in [5.74, 6) is 0.371. The van der Waals surface area contributed by atoms with Crippen LogP contribution in [0, 0.1) is 0 Å². The first-order valence-corrected chi connectivity index (χ1v) is 11.9. The van der Waals surface area contributed by atoms with E-state index in [1.54, 1.807) is 24.3 Å². The van der Waals surface area contributed by atoms with Crippen LogP contribution in [0.3, 0.4) is 0 Å². The maximum absolute atomic E-state index is 12.8.